The van der Waals surface area contributed by atoms with Gasteiger partial charge in [0.15, 0.2) is 17.3 Å². The molecular weight excluding hydrogens is 370 g/mol. The molecule has 0 spiro atoms. The molecule has 2 aromatic rings. The van der Waals surface area contributed by atoms with Crippen molar-refractivity contribution < 1.29 is 22.9 Å². The second-order valence-electron chi connectivity index (χ2n) is 7.03. The Morgan fingerprint density at radius 2 is 2.04 bits per heavy atom. The SMILES string of the molecule is Cc1ccc(C(=O)N2CCc3onc(C(=O)NCCN(C)C)c3C2)c(F)c1F. The minimum absolute atomic E-state index is 0.0447. The van der Waals surface area contributed by atoms with Crippen LogP contribution in [0.5, 0.6) is 0 Å². The van der Waals surface area contributed by atoms with E-state index in [2.05, 4.69) is 10.5 Å². The molecule has 150 valence electrons. The Morgan fingerprint density at radius 1 is 1.29 bits per heavy atom. The van der Waals surface area contributed by atoms with Crippen molar-refractivity contribution in [3.05, 3.63) is 51.9 Å². The highest BCUT2D eigenvalue weighted by atomic mass is 19.2. The summed E-state index contributed by atoms with van der Waals surface area (Å²) in [7, 11) is 3.78. The normalized spacial score (nSPS) is 13.6. The number of likely N-dealkylation sites (N-methyl/N-ethyl adjacent to an activating group) is 1. The number of benzene rings is 1. The number of halogens is 2. The molecule has 7 nitrogen and oxygen atoms in total. The summed E-state index contributed by atoms with van der Waals surface area (Å²) in [5.41, 5.74) is 0.405. The first-order valence-corrected chi connectivity index (χ1v) is 8.93. The van der Waals surface area contributed by atoms with Crippen LogP contribution in [0.3, 0.4) is 0 Å². The van der Waals surface area contributed by atoms with Crippen LogP contribution in [0, 0.1) is 18.6 Å². The number of fused-ring (bicyclic) bond motifs is 1. The molecule has 0 bridgehead atoms. The van der Waals surface area contributed by atoms with Gasteiger partial charge in [-0.1, -0.05) is 11.2 Å². The van der Waals surface area contributed by atoms with Crippen molar-refractivity contribution in [2.75, 3.05) is 33.7 Å². The Hall–Kier alpha value is -2.81. The van der Waals surface area contributed by atoms with Crippen molar-refractivity contribution in [1.82, 2.24) is 20.3 Å². The molecule has 0 radical (unpaired) electrons. The minimum atomic E-state index is -1.16. The second kappa shape index (κ2) is 8.05. The minimum Gasteiger partial charge on any atom is -0.360 e. The summed E-state index contributed by atoms with van der Waals surface area (Å²) in [6.45, 7) is 2.83. The summed E-state index contributed by atoms with van der Waals surface area (Å²) < 4.78 is 33.3. The Bertz CT molecular complexity index is 911. The fourth-order valence-corrected chi connectivity index (χ4v) is 3.02. The van der Waals surface area contributed by atoms with Crippen LogP contribution >= 0.6 is 0 Å². The molecule has 1 aromatic carbocycles. The van der Waals surface area contributed by atoms with Gasteiger partial charge >= 0.3 is 0 Å². The zero-order valence-electron chi connectivity index (χ0n) is 16.0. The van der Waals surface area contributed by atoms with Crippen LogP contribution in [0.4, 0.5) is 8.78 Å². The van der Waals surface area contributed by atoms with E-state index in [-0.39, 0.29) is 29.9 Å². The monoisotopic (exact) mass is 392 g/mol. The Balaban J connectivity index is 1.77. The third kappa shape index (κ3) is 3.89. The van der Waals surface area contributed by atoms with E-state index in [1.165, 1.54) is 24.0 Å². The predicted molar refractivity (Wildman–Crippen MR) is 96.9 cm³/mol. The van der Waals surface area contributed by atoms with Gasteiger partial charge in [0.1, 0.15) is 5.76 Å². The second-order valence-corrected chi connectivity index (χ2v) is 7.03. The van der Waals surface area contributed by atoms with Crippen molar-refractivity contribution in [3.8, 4) is 0 Å². The van der Waals surface area contributed by atoms with Gasteiger partial charge in [0.2, 0.25) is 0 Å². The van der Waals surface area contributed by atoms with Crippen LogP contribution in [0.2, 0.25) is 0 Å². The van der Waals surface area contributed by atoms with Crippen LogP contribution in [0.25, 0.3) is 0 Å². The van der Waals surface area contributed by atoms with Crippen molar-refractivity contribution >= 4 is 11.8 Å². The molecule has 0 aliphatic carbocycles. The van der Waals surface area contributed by atoms with E-state index < -0.39 is 23.4 Å². The average molecular weight is 392 g/mol. The largest absolute Gasteiger partial charge is 0.360 e. The molecule has 28 heavy (non-hydrogen) atoms. The summed E-state index contributed by atoms with van der Waals surface area (Å²) in [4.78, 5) is 28.4. The molecule has 1 N–H and O–H groups in total. The molecule has 0 saturated heterocycles. The van der Waals surface area contributed by atoms with Gasteiger partial charge in [-0.2, -0.15) is 0 Å². The van der Waals surface area contributed by atoms with E-state index >= 15 is 0 Å². The van der Waals surface area contributed by atoms with E-state index in [1.807, 2.05) is 19.0 Å². The van der Waals surface area contributed by atoms with E-state index in [4.69, 9.17) is 4.52 Å². The van der Waals surface area contributed by atoms with E-state index in [9.17, 15) is 18.4 Å². The van der Waals surface area contributed by atoms with E-state index in [0.717, 1.165) is 0 Å². The third-order valence-electron chi connectivity index (χ3n) is 4.68. The highest BCUT2D eigenvalue weighted by Gasteiger charge is 2.31. The van der Waals surface area contributed by atoms with Crippen molar-refractivity contribution in [3.63, 3.8) is 0 Å². The Kier molecular flexibility index (Phi) is 5.73. The number of aryl methyl sites for hydroxylation is 1. The van der Waals surface area contributed by atoms with Crippen LogP contribution in [-0.4, -0.2) is 60.5 Å². The molecule has 2 amide bonds. The topological polar surface area (TPSA) is 78.7 Å². The first kappa shape index (κ1) is 19.9. The lowest BCUT2D eigenvalue weighted by Crippen LogP contribution is -2.37. The Morgan fingerprint density at radius 3 is 2.75 bits per heavy atom. The lowest BCUT2D eigenvalue weighted by molar-refractivity contribution is 0.0721. The first-order valence-electron chi connectivity index (χ1n) is 8.93. The Labute approximate surface area is 161 Å². The number of nitrogens with zero attached hydrogens (tertiary/aromatic N) is 3. The lowest BCUT2D eigenvalue weighted by atomic mass is 10.0. The standard InChI is InChI=1S/C19H22F2N4O3/c1-11-4-5-12(16(21)15(11)20)19(27)25-8-6-14-13(10-25)17(23-28-14)18(26)22-7-9-24(2)3/h4-5H,6-10H2,1-3H3,(H,22,26). The maximum atomic E-state index is 14.2. The zero-order chi connectivity index (χ0) is 20.4. The smallest absolute Gasteiger partial charge is 0.273 e. The fourth-order valence-electron chi connectivity index (χ4n) is 3.02. The van der Waals surface area contributed by atoms with Gasteiger partial charge in [-0.05, 0) is 32.6 Å². The molecule has 2 heterocycles. The number of amides is 2. The molecule has 0 unspecified atom stereocenters. The van der Waals surface area contributed by atoms with Crippen molar-refractivity contribution in [2.45, 2.75) is 19.9 Å². The molecule has 9 heteroatoms. The fraction of sp³-hybridized carbons (Fsp3) is 0.421. The first-order chi connectivity index (χ1) is 13.3. The number of aromatic nitrogens is 1. The maximum Gasteiger partial charge on any atom is 0.273 e. The predicted octanol–water partition coefficient (Wildman–Crippen LogP) is 1.75. The van der Waals surface area contributed by atoms with Crippen LogP contribution in [0.15, 0.2) is 16.7 Å². The van der Waals surface area contributed by atoms with Crippen molar-refractivity contribution in [1.29, 1.82) is 0 Å². The molecule has 1 aliphatic heterocycles. The van der Waals surface area contributed by atoms with Crippen molar-refractivity contribution in [2.24, 2.45) is 0 Å². The summed E-state index contributed by atoms with van der Waals surface area (Å²) in [5, 5.41) is 6.58. The van der Waals surface area contributed by atoms with Crippen LogP contribution in [0.1, 0.15) is 37.7 Å². The third-order valence-corrected chi connectivity index (χ3v) is 4.68. The molecule has 1 aliphatic rings. The number of nitrogens with one attached hydrogen (secondary N) is 1. The highest BCUT2D eigenvalue weighted by molar-refractivity contribution is 5.96. The van der Waals surface area contributed by atoms with Gasteiger partial charge < -0.3 is 19.6 Å². The molecule has 3 rings (SSSR count). The van der Waals surface area contributed by atoms with Crippen LogP contribution in [-0.2, 0) is 13.0 Å². The zero-order valence-corrected chi connectivity index (χ0v) is 16.0. The van der Waals surface area contributed by atoms with E-state index in [1.54, 1.807) is 0 Å². The van der Waals surface area contributed by atoms with Gasteiger partial charge in [0.05, 0.1) is 12.1 Å². The van der Waals surface area contributed by atoms with Gasteiger partial charge in [-0.25, -0.2) is 8.78 Å². The number of carbonyl (C=O) groups excluding carboxylic acids is 2. The molecule has 0 fully saturated rings. The molecule has 1 aromatic heterocycles. The maximum absolute atomic E-state index is 14.2. The molecular formula is C19H22F2N4O3. The highest BCUT2D eigenvalue weighted by Crippen LogP contribution is 2.25. The number of hydrogen-bond donors (Lipinski definition) is 1. The van der Waals surface area contributed by atoms with Gasteiger partial charge in [-0.15, -0.1) is 0 Å². The van der Waals surface area contributed by atoms with Gasteiger partial charge in [0.25, 0.3) is 11.8 Å². The quantitative estimate of drug-likeness (QED) is 0.839. The van der Waals surface area contributed by atoms with E-state index in [0.29, 0.717) is 30.8 Å². The van der Waals surface area contributed by atoms with Gasteiger partial charge in [-0.3, -0.25) is 9.59 Å². The molecule has 0 saturated carbocycles. The summed E-state index contributed by atoms with van der Waals surface area (Å²) in [6, 6.07) is 2.64. The molecule has 0 atom stereocenters. The number of rotatable bonds is 5. The number of carbonyl (C=O) groups is 2. The van der Waals surface area contributed by atoms with Gasteiger partial charge in [0, 0.05) is 31.6 Å². The lowest BCUT2D eigenvalue weighted by Gasteiger charge is -2.26. The summed E-state index contributed by atoms with van der Waals surface area (Å²) >= 11 is 0. The summed E-state index contributed by atoms with van der Waals surface area (Å²) in [6.07, 6.45) is 0.342. The summed E-state index contributed by atoms with van der Waals surface area (Å²) in [5.74, 6) is -2.70. The van der Waals surface area contributed by atoms with Crippen LogP contribution < -0.4 is 5.32 Å². The average Bonchev–Trinajstić information content (AvgIpc) is 3.08. The number of hydrogen-bond acceptors (Lipinski definition) is 5.